The van der Waals surface area contributed by atoms with E-state index < -0.39 is 0 Å². The first kappa shape index (κ1) is 10.4. The van der Waals surface area contributed by atoms with Gasteiger partial charge in [0.25, 0.3) is 0 Å². The van der Waals surface area contributed by atoms with Crippen molar-refractivity contribution in [2.45, 2.75) is 45.6 Å². The van der Waals surface area contributed by atoms with E-state index >= 15 is 0 Å². The second kappa shape index (κ2) is 4.27. The Hall–Kier alpha value is -1.72. The fraction of sp³-hybridized carbons (Fsp3) is 0.636. The van der Waals surface area contributed by atoms with Crippen molar-refractivity contribution in [3.05, 3.63) is 23.2 Å². The van der Waals surface area contributed by atoms with Gasteiger partial charge in [-0.3, -0.25) is 0 Å². The number of fused-ring (bicyclic) bond motifs is 1. The van der Waals surface area contributed by atoms with Gasteiger partial charge in [-0.05, 0) is 25.7 Å². The Labute approximate surface area is 99.0 Å². The van der Waals surface area contributed by atoms with Crippen LogP contribution in [0.25, 0.3) is 0 Å². The lowest BCUT2D eigenvalue weighted by molar-refractivity contribution is 0.425. The first-order valence-electron chi connectivity index (χ1n) is 6.09. The molecule has 0 radical (unpaired) electrons. The van der Waals surface area contributed by atoms with Gasteiger partial charge >= 0.3 is 0 Å². The van der Waals surface area contributed by atoms with Crippen LogP contribution in [-0.2, 0) is 25.8 Å². The van der Waals surface area contributed by atoms with E-state index in [1.807, 2.05) is 11.6 Å². The van der Waals surface area contributed by atoms with Crippen molar-refractivity contribution in [2.24, 2.45) is 0 Å². The van der Waals surface area contributed by atoms with E-state index in [1.54, 1.807) is 0 Å². The van der Waals surface area contributed by atoms with Gasteiger partial charge in [0.15, 0.2) is 0 Å². The van der Waals surface area contributed by atoms with E-state index in [2.05, 4.69) is 20.5 Å². The van der Waals surface area contributed by atoms with Crippen LogP contribution in [0, 0.1) is 0 Å². The molecule has 17 heavy (non-hydrogen) atoms. The molecule has 0 bridgehead atoms. The summed E-state index contributed by atoms with van der Waals surface area (Å²) in [6.45, 7) is 2.53. The molecule has 3 rings (SSSR count). The molecule has 90 valence electrons. The number of nitrogens with zero attached hydrogens (tertiary/aromatic N) is 5. The molecule has 0 atom stereocenters. The molecule has 2 aromatic rings. The van der Waals surface area contributed by atoms with E-state index in [1.165, 1.54) is 18.5 Å². The van der Waals surface area contributed by atoms with Crippen LogP contribution in [0.4, 0.5) is 0 Å². The minimum Gasteiger partial charge on any atom is -0.423 e. The summed E-state index contributed by atoms with van der Waals surface area (Å²) < 4.78 is 7.38. The lowest BCUT2D eigenvalue weighted by atomic mass is 10.0. The molecule has 0 saturated carbocycles. The van der Waals surface area contributed by atoms with E-state index in [0.717, 1.165) is 25.0 Å². The van der Waals surface area contributed by atoms with Crippen LogP contribution in [0.5, 0.6) is 0 Å². The van der Waals surface area contributed by atoms with Gasteiger partial charge < -0.3 is 4.42 Å². The van der Waals surface area contributed by atoms with Gasteiger partial charge in [0.05, 0.1) is 11.4 Å². The molecule has 0 fully saturated rings. The maximum Gasteiger partial charge on any atom is 0.238 e. The van der Waals surface area contributed by atoms with Crippen LogP contribution in [0.2, 0.25) is 0 Å². The summed E-state index contributed by atoms with van der Waals surface area (Å²) in [6.07, 6.45) is 5.29. The molecule has 0 N–H and O–H groups in total. The first-order chi connectivity index (χ1) is 8.36. The highest BCUT2D eigenvalue weighted by atomic mass is 16.4. The van der Waals surface area contributed by atoms with Crippen molar-refractivity contribution in [1.82, 2.24) is 25.2 Å². The summed E-state index contributed by atoms with van der Waals surface area (Å²) in [5, 5.41) is 16.3. The molecule has 0 aromatic carbocycles. The predicted molar refractivity (Wildman–Crippen MR) is 59.4 cm³/mol. The largest absolute Gasteiger partial charge is 0.423 e. The number of rotatable bonds is 3. The van der Waals surface area contributed by atoms with Crippen LogP contribution in [0.1, 0.15) is 42.9 Å². The lowest BCUT2D eigenvalue weighted by Gasteiger charge is -2.10. The average Bonchev–Trinajstić information content (AvgIpc) is 2.97. The third kappa shape index (κ3) is 1.94. The van der Waals surface area contributed by atoms with Crippen molar-refractivity contribution in [3.63, 3.8) is 0 Å². The topological polar surface area (TPSA) is 69.6 Å². The Bertz CT molecular complexity index is 516. The molecule has 6 nitrogen and oxygen atoms in total. The lowest BCUT2D eigenvalue weighted by Crippen LogP contribution is -2.10. The molecule has 0 spiro atoms. The predicted octanol–water partition coefficient (Wildman–Crippen LogP) is 1.15. The first-order valence-corrected chi connectivity index (χ1v) is 6.09. The van der Waals surface area contributed by atoms with Crippen molar-refractivity contribution in [2.75, 3.05) is 0 Å². The van der Waals surface area contributed by atoms with Crippen molar-refractivity contribution in [1.29, 1.82) is 0 Å². The smallest absolute Gasteiger partial charge is 0.238 e. The van der Waals surface area contributed by atoms with E-state index in [0.29, 0.717) is 18.3 Å². The van der Waals surface area contributed by atoms with Crippen LogP contribution in [0.3, 0.4) is 0 Å². The van der Waals surface area contributed by atoms with Gasteiger partial charge in [0.1, 0.15) is 6.54 Å². The van der Waals surface area contributed by atoms with E-state index in [9.17, 15) is 0 Å². The monoisotopic (exact) mass is 233 g/mol. The Balaban J connectivity index is 1.82. The summed E-state index contributed by atoms with van der Waals surface area (Å²) in [6, 6.07) is 0. The minimum absolute atomic E-state index is 0.537. The highest BCUT2D eigenvalue weighted by Crippen LogP contribution is 2.19. The highest BCUT2D eigenvalue weighted by molar-refractivity contribution is 5.13. The molecular weight excluding hydrogens is 218 g/mol. The molecule has 6 heteroatoms. The molecule has 2 aromatic heterocycles. The summed E-state index contributed by atoms with van der Waals surface area (Å²) in [5.74, 6) is 1.29. The quantitative estimate of drug-likeness (QED) is 0.795. The molecule has 0 unspecified atom stereocenters. The zero-order chi connectivity index (χ0) is 11.7. The molecule has 1 aliphatic rings. The fourth-order valence-corrected chi connectivity index (χ4v) is 2.17. The van der Waals surface area contributed by atoms with Crippen LogP contribution in [0.15, 0.2) is 4.42 Å². The fourth-order valence-electron chi connectivity index (χ4n) is 2.17. The summed E-state index contributed by atoms with van der Waals surface area (Å²) in [7, 11) is 0. The van der Waals surface area contributed by atoms with Crippen LogP contribution >= 0.6 is 0 Å². The van der Waals surface area contributed by atoms with Gasteiger partial charge in [-0.15, -0.1) is 15.3 Å². The van der Waals surface area contributed by atoms with Gasteiger partial charge in [0, 0.05) is 6.42 Å². The third-order valence-corrected chi connectivity index (χ3v) is 3.09. The zero-order valence-corrected chi connectivity index (χ0v) is 9.89. The van der Waals surface area contributed by atoms with Gasteiger partial charge in [-0.1, -0.05) is 12.1 Å². The maximum atomic E-state index is 5.49. The van der Waals surface area contributed by atoms with Gasteiger partial charge in [0.2, 0.25) is 11.8 Å². The number of aryl methyl sites for hydroxylation is 2. The maximum absolute atomic E-state index is 5.49. The van der Waals surface area contributed by atoms with Crippen LogP contribution in [-0.4, -0.2) is 25.2 Å². The zero-order valence-electron chi connectivity index (χ0n) is 9.89. The Kier molecular flexibility index (Phi) is 2.62. The Morgan fingerprint density at radius 1 is 1.12 bits per heavy atom. The average molecular weight is 233 g/mol. The molecule has 1 aliphatic carbocycles. The van der Waals surface area contributed by atoms with Gasteiger partial charge in [-0.25, -0.2) is 4.68 Å². The standard InChI is InChI=1S/C11H15N5O/c1-2-10-13-14-11(17-10)7-16-9-6-4-3-5-8(9)12-15-16/h2-7H2,1H3. The molecule has 2 heterocycles. The van der Waals surface area contributed by atoms with Crippen molar-refractivity contribution < 1.29 is 4.42 Å². The Morgan fingerprint density at radius 2 is 1.94 bits per heavy atom. The van der Waals surface area contributed by atoms with E-state index in [4.69, 9.17) is 4.42 Å². The molecule has 0 amide bonds. The molecule has 0 aliphatic heterocycles. The van der Waals surface area contributed by atoms with E-state index in [-0.39, 0.29) is 0 Å². The normalized spacial score (nSPS) is 14.9. The molecular formula is C11H15N5O. The second-order valence-electron chi connectivity index (χ2n) is 4.29. The van der Waals surface area contributed by atoms with Crippen molar-refractivity contribution >= 4 is 0 Å². The number of hydrogen-bond acceptors (Lipinski definition) is 5. The Morgan fingerprint density at radius 3 is 2.76 bits per heavy atom. The summed E-state index contributed by atoms with van der Waals surface area (Å²) >= 11 is 0. The second-order valence-corrected chi connectivity index (χ2v) is 4.29. The van der Waals surface area contributed by atoms with Crippen molar-refractivity contribution in [3.8, 4) is 0 Å². The summed E-state index contributed by atoms with van der Waals surface area (Å²) in [5.41, 5.74) is 2.36. The third-order valence-electron chi connectivity index (χ3n) is 3.09. The molecule has 0 saturated heterocycles. The highest BCUT2D eigenvalue weighted by Gasteiger charge is 2.18. The number of hydrogen-bond donors (Lipinski definition) is 0. The number of aromatic nitrogens is 5. The minimum atomic E-state index is 0.537. The SMILES string of the molecule is CCc1nnc(Cn2nnc3c2CCCC3)o1. The van der Waals surface area contributed by atoms with Crippen LogP contribution < -0.4 is 0 Å². The summed E-state index contributed by atoms with van der Waals surface area (Å²) in [4.78, 5) is 0. The van der Waals surface area contributed by atoms with Gasteiger partial charge in [-0.2, -0.15) is 0 Å².